The first kappa shape index (κ1) is 24.2. The van der Waals surface area contributed by atoms with Crippen molar-refractivity contribution in [2.75, 3.05) is 31.9 Å². The van der Waals surface area contributed by atoms with Crippen molar-refractivity contribution in [1.29, 1.82) is 0 Å². The molecule has 2 aliphatic rings. The lowest BCUT2D eigenvalue weighted by atomic mass is 9.74. The average Bonchev–Trinajstić information content (AvgIpc) is 3.21. The first-order valence-electron chi connectivity index (χ1n) is 9.74. The molecular formula is C21H23F3IN3O4. The van der Waals surface area contributed by atoms with Crippen LogP contribution in [0.15, 0.2) is 47.5 Å². The molecule has 0 amide bonds. The number of fused-ring (bicyclic) bond motifs is 1. The summed E-state index contributed by atoms with van der Waals surface area (Å²) in [6.07, 6.45) is -3.37. The van der Waals surface area contributed by atoms with E-state index in [1.165, 1.54) is 18.2 Å². The monoisotopic (exact) mass is 565 g/mol. The number of halogens is 4. The number of nitrogens with zero attached hydrogens (tertiary/aromatic N) is 1. The van der Waals surface area contributed by atoms with Gasteiger partial charge in [0.15, 0.2) is 23.2 Å². The van der Waals surface area contributed by atoms with Crippen LogP contribution in [0, 0.1) is 0 Å². The van der Waals surface area contributed by atoms with Crippen molar-refractivity contribution in [2.45, 2.75) is 24.6 Å². The summed E-state index contributed by atoms with van der Waals surface area (Å²) in [5.74, 6) is 0.975. The molecule has 32 heavy (non-hydrogen) atoms. The summed E-state index contributed by atoms with van der Waals surface area (Å²) in [5.41, 5.74) is 6.77. The molecule has 1 fully saturated rings. The molecule has 0 spiro atoms. The number of hydrogen-bond acceptors (Lipinski definition) is 5. The highest BCUT2D eigenvalue weighted by Gasteiger charge is 2.36. The van der Waals surface area contributed by atoms with Crippen molar-refractivity contribution in [2.24, 2.45) is 10.7 Å². The number of nitrogens with two attached hydrogens (primary N) is 1. The average molecular weight is 565 g/mol. The maximum Gasteiger partial charge on any atom is 0.573 e. The van der Waals surface area contributed by atoms with E-state index in [0.29, 0.717) is 31.3 Å². The first-order chi connectivity index (χ1) is 14.8. The van der Waals surface area contributed by atoms with Crippen LogP contribution in [-0.4, -0.2) is 38.9 Å². The van der Waals surface area contributed by atoms with E-state index in [-0.39, 0.29) is 53.6 Å². The van der Waals surface area contributed by atoms with Crippen LogP contribution >= 0.6 is 24.0 Å². The number of hydrogen-bond donors (Lipinski definition) is 2. The molecule has 0 atom stereocenters. The molecule has 174 valence electrons. The van der Waals surface area contributed by atoms with Crippen molar-refractivity contribution in [3.8, 4) is 17.2 Å². The zero-order valence-corrected chi connectivity index (χ0v) is 19.3. The Bertz CT molecular complexity index is 966. The lowest BCUT2D eigenvalue weighted by molar-refractivity contribution is -0.274. The van der Waals surface area contributed by atoms with Gasteiger partial charge in [0.2, 0.25) is 6.79 Å². The van der Waals surface area contributed by atoms with Crippen molar-refractivity contribution >= 4 is 35.6 Å². The van der Waals surface area contributed by atoms with E-state index in [1.807, 2.05) is 18.2 Å². The molecular weight excluding hydrogens is 542 g/mol. The van der Waals surface area contributed by atoms with Gasteiger partial charge in [0, 0.05) is 18.6 Å². The topological polar surface area (TPSA) is 87.3 Å². The van der Waals surface area contributed by atoms with Gasteiger partial charge in [-0.3, -0.25) is 4.99 Å². The number of para-hydroxylation sites is 2. The maximum atomic E-state index is 12.6. The van der Waals surface area contributed by atoms with Gasteiger partial charge in [0.25, 0.3) is 0 Å². The number of guanidine groups is 1. The predicted molar refractivity (Wildman–Crippen MR) is 123 cm³/mol. The second kappa shape index (κ2) is 10.0. The Hall–Kier alpha value is -2.41. The zero-order chi connectivity index (χ0) is 21.9. The lowest BCUT2D eigenvalue weighted by Crippen LogP contribution is -2.38. The standard InChI is InChI=1S/C21H22F3N3O4.HI/c22-21(23,24)31-16-4-2-1-3-15(16)27-19(25)26-12-20(7-9-28-10-8-20)14-5-6-17-18(11-14)30-13-29-17;/h1-6,11H,7-10,12-13H2,(H3,25,26,27);1H. The summed E-state index contributed by atoms with van der Waals surface area (Å²) in [7, 11) is 0. The summed E-state index contributed by atoms with van der Waals surface area (Å²) in [6.45, 7) is 1.65. The summed E-state index contributed by atoms with van der Waals surface area (Å²) in [5, 5.41) is 2.71. The second-order valence-electron chi connectivity index (χ2n) is 7.33. The molecule has 0 radical (unpaired) electrons. The van der Waals surface area contributed by atoms with Gasteiger partial charge in [-0.05, 0) is 42.7 Å². The molecule has 0 saturated carbocycles. The fraction of sp³-hybridized carbons (Fsp3) is 0.381. The van der Waals surface area contributed by atoms with E-state index >= 15 is 0 Å². The smallest absolute Gasteiger partial charge is 0.454 e. The van der Waals surface area contributed by atoms with Crippen LogP contribution < -0.4 is 25.3 Å². The van der Waals surface area contributed by atoms with Gasteiger partial charge in [-0.2, -0.15) is 0 Å². The molecule has 4 rings (SSSR count). The van der Waals surface area contributed by atoms with E-state index < -0.39 is 6.36 Å². The van der Waals surface area contributed by atoms with Crippen molar-refractivity contribution < 1.29 is 32.1 Å². The summed E-state index contributed by atoms with van der Waals surface area (Å²) in [6, 6.07) is 11.4. The largest absolute Gasteiger partial charge is 0.573 e. The van der Waals surface area contributed by atoms with Crippen LogP contribution in [0.3, 0.4) is 0 Å². The van der Waals surface area contributed by atoms with E-state index in [4.69, 9.17) is 19.9 Å². The normalized spacial score (nSPS) is 17.4. The third-order valence-corrected chi connectivity index (χ3v) is 5.36. The Balaban J connectivity index is 0.00000289. The van der Waals surface area contributed by atoms with Crippen LogP contribution in [0.1, 0.15) is 18.4 Å². The number of anilines is 1. The maximum absolute atomic E-state index is 12.6. The molecule has 2 aromatic carbocycles. The highest BCUT2D eigenvalue weighted by molar-refractivity contribution is 14.0. The van der Waals surface area contributed by atoms with Crippen LogP contribution in [0.2, 0.25) is 0 Å². The third kappa shape index (κ3) is 5.68. The van der Waals surface area contributed by atoms with Gasteiger partial charge in [-0.15, -0.1) is 37.1 Å². The van der Waals surface area contributed by atoms with Crippen LogP contribution in [0.5, 0.6) is 17.2 Å². The molecule has 0 aliphatic carbocycles. The molecule has 2 aliphatic heterocycles. The number of ether oxygens (including phenoxy) is 4. The minimum atomic E-state index is -4.81. The number of benzene rings is 2. The molecule has 2 aromatic rings. The number of nitrogens with one attached hydrogen (secondary N) is 1. The SMILES string of the molecule is I.NC(=NCC1(c2ccc3c(c2)OCO3)CCOCC1)Nc1ccccc1OC(F)(F)F. The van der Waals surface area contributed by atoms with E-state index in [2.05, 4.69) is 15.0 Å². The number of alkyl halides is 3. The Labute approximate surface area is 200 Å². The van der Waals surface area contributed by atoms with Gasteiger partial charge >= 0.3 is 6.36 Å². The van der Waals surface area contributed by atoms with Gasteiger partial charge in [-0.25, -0.2) is 0 Å². The fourth-order valence-electron chi connectivity index (χ4n) is 3.72. The highest BCUT2D eigenvalue weighted by Crippen LogP contribution is 2.41. The zero-order valence-electron chi connectivity index (χ0n) is 17.0. The van der Waals surface area contributed by atoms with E-state index in [9.17, 15) is 13.2 Å². The molecule has 7 nitrogen and oxygen atoms in total. The fourth-order valence-corrected chi connectivity index (χ4v) is 3.72. The second-order valence-corrected chi connectivity index (χ2v) is 7.33. The lowest BCUT2D eigenvalue weighted by Gasteiger charge is -2.36. The molecule has 2 heterocycles. The number of aliphatic imine (C=N–C) groups is 1. The quantitative estimate of drug-likeness (QED) is 0.318. The van der Waals surface area contributed by atoms with Crippen LogP contribution in [0.4, 0.5) is 18.9 Å². The van der Waals surface area contributed by atoms with Crippen molar-refractivity contribution in [3.63, 3.8) is 0 Å². The summed E-state index contributed by atoms with van der Waals surface area (Å²) >= 11 is 0. The van der Waals surface area contributed by atoms with Crippen LogP contribution in [0.25, 0.3) is 0 Å². The summed E-state index contributed by atoms with van der Waals surface area (Å²) in [4.78, 5) is 4.44. The molecule has 1 saturated heterocycles. The highest BCUT2D eigenvalue weighted by atomic mass is 127. The first-order valence-corrected chi connectivity index (χ1v) is 9.74. The Kier molecular flexibility index (Phi) is 7.59. The molecule has 0 bridgehead atoms. The Morgan fingerprint density at radius 1 is 1.09 bits per heavy atom. The van der Waals surface area contributed by atoms with Crippen molar-refractivity contribution in [1.82, 2.24) is 0 Å². The van der Waals surface area contributed by atoms with Gasteiger partial charge in [0.05, 0.1) is 12.2 Å². The van der Waals surface area contributed by atoms with Gasteiger partial charge in [-0.1, -0.05) is 18.2 Å². The van der Waals surface area contributed by atoms with Crippen molar-refractivity contribution in [3.05, 3.63) is 48.0 Å². The summed E-state index contributed by atoms with van der Waals surface area (Å²) < 4.78 is 58.4. The molecule has 0 unspecified atom stereocenters. The van der Waals surface area contributed by atoms with E-state index in [0.717, 1.165) is 18.4 Å². The molecule has 0 aromatic heterocycles. The molecule has 11 heteroatoms. The minimum absolute atomic E-state index is 0. The third-order valence-electron chi connectivity index (χ3n) is 5.36. The van der Waals surface area contributed by atoms with Gasteiger partial charge < -0.3 is 30.0 Å². The molecule has 3 N–H and O–H groups in total. The van der Waals surface area contributed by atoms with Crippen LogP contribution in [-0.2, 0) is 10.2 Å². The van der Waals surface area contributed by atoms with E-state index in [1.54, 1.807) is 6.07 Å². The minimum Gasteiger partial charge on any atom is -0.454 e. The number of rotatable bonds is 5. The Morgan fingerprint density at radius 2 is 1.81 bits per heavy atom. The van der Waals surface area contributed by atoms with Gasteiger partial charge in [0.1, 0.15) is 0 Å². The Morgan fingerprint density at radius 3 is 2.56 bits per heavy atom. The predicted octanol–water partition coefficient (Wildman–Crippen LogP) is 4.41.